The summed E-state index contributed by atoms with van der Waals surface area (Å²) in [5.74, 6) is 1.17. The Morgan fingerprint density at radius 2 is 1.29 bits per heavy atom. The van der Waals surface area contributed by atoms with Crippen LogP contribution in [0.4, 0.5) is 0 Å². The normalized spacial score (nSPS) is 9.71. The van der Waals surface area contributed by atoms with E-state index in [1.165, 1.54) is 50.5 Å². The van der Waals surface area contributed by atoms with Crippen molar-refractivity contribution in [3.05, 3.63) is 59.7 Å². The second-order valence-electron chi connectivity index (χ2n) is 7.25. The largest absolute Gasteiger partial charge is 0.508 e. The molecule has 0 aliphatic carbocycles. The Morgan fingerprint density at radius 3 is 1.79 bits per heavy atom. The van der Waals surface area contributed by atoms with Gasteiger partial charge >= 0.3 is 0 Å². The Bertz CT molecular complexity index is 600. The zero-order chi connectivity index (χ0) is 19.2. The molecule has 156 valence electrons. The molecule has 0 bridgehead atoms. The van der Waals surface area contributed by atoms with Crippen molar-refractivity contribution in [3.8, 4) is 11.5 Å². The Morgan fingerprint density at radius 1 is 0.750 bits per heavy atom. The van der Waals surface area contributed by atoms with Gasteiger partial charge in [-0.2, -0.15) is 0 Å². The van der Waals surface area contributed by atoms with Crippen LogP contribution in [0.15, 0.2) is 48.5 Å². The van der Waals surface area contributed by atoms with Gasteiger partial charge in [-0.3, -0.25) is 0 Å². The molecule has 0 amide bonds. The molecule has 0 unspecified atom stereocenters. The molecular formula is C24H37ClO2Zr. The first kappa shape index (κ1) is 29.4. The number of hydrogen-bond donors (Lipinski definition) is 2. The van der Waals surface area contributed by atoms with Crippen LogP contribution < -0.4 is 0 Å². The molecule has 0 radical (unpaired) electrons. The first-order valence-electron chi connectivity index (χ1n) is 10.1. The van der Waals surface area contributed by atoms with E-state index in [0.717, 1.165) is 12.0 Å². The smallest absolute Gasteiger partial charge is 0.119 e. The first-order valence-corrected chi connectivity index (χ1v) is 10.1. The summed E-state index contributed by atoms with van der Waals surface area (Å²) in [7, 11) is 0. The first-order chi connectivity index (χ1) is 12.5. The van der Waals surface area contributed by atoms with Gasteiger partial charge in [-0.1, -0.05) is 89.6 Å². The average Bonchev–Trinajstić information content (AvgIpc) is 2.63. The molecule has 0 aromatic heterocycles. The second kappa shape index (κ2) is 18.3. The number of para-hydroxylation sites is 1. The van der Waals surface area contributed by atoms with Gasteiger partial charge in [0.05, 0.1) is 0 Å². The summed E-state index contributed by atoms with van der Waals surface area (Å²) in [5, 5.41) is 18.4. The van der Waals surface area contributed by atoms with Crippen molar-refractivity contribution in [3.63, 3.8) is 0 Å². The molecule has 28 heavy (non-hydrogen) atoms. The minimum Gasteiger partial charge on any atom is -0.508 e. The Hall–Kier alpha value is -0.787. The zero-order valence-electron chi connectivity index (χ0n) is 17.7. The number of phenolic OH excluding ortho intramolecular Hbond substituents is 2. The van der Waals surface area contributed by atoms with Crippen LogP contribution in [0, 0.1) is 0 Å². The molecule has 0 aliphatic rings. The maximum Gasteiger partial charge on any atom is 0.119 e. The molecule has 0 saturated carbocycles. The van der Waals surface area contributed by atoms with Crippen molar-refractivity contribution >= 4 is 12.4 Å². The van der Waals surface area contributed by atoms with Crippen molar-refractivity contribution < 1.29 is 36.4 Å². The van der Waals surface area contributed by atoms with Crippen LogP contribution in [-0.2, 0) is 32.6 Å². The predicted octanol–water partition coefficient (Wildman–Crippen LogP) is 7.62. The van der Waals surface area contributed by atoms with Crippen molar-refractivity contribution in [1.82, 2.24) is 0 Å². The van der Waals surface area contributed by atoms with E-state index in [2.05, 4.69) is 20.8 Å². The summed E-state index contributed by atoms with van der Waals surface area (Å²) in [4.78, 5) is 0. The van der Waals surface area contributed by atoms with E-state index in [1.807, 2.05) is 30.3 Å². The molecule has 2 aromatic carbocycles. The number of aromatic hydroxyl groups is 2. The fraction of sp³-hybridized carbons (Fsp3) is 0.500. The van der Waals surface area contributed by atoms with Gasteiger partial charge in [0, 0.05) is 26.2 Å². The summed E-state index contributed by atoms with van der Waals surface area (Å²) < 4.78 is 0. The summed E-state index contributed by atoms with van der Waals surface area (Å²) in [6, 6.07) is 15.0. The molecule has 2 nitrogen and oxygen atoms in total. The van der Waals surface area contributed by atoms with Gasteiger partial charge in [-0.15, -0.1) is 12.4 Å². The molecule has 2 rings (SSSR count). The summed E-state index contributed by atoms with van der Waals surface area (Å²) in [6.45, 7) is 6.38. The van der Waals surface area contributed by atoms with Crippen molar-refractivity contribution in [2.24, 2.45) is 0 Å². The molecule has 0 saturated heterocycles. The summed E-state index contributed by atoms with van der Waals surface area (Å²) in [6.07, 6.45) is 10.6. The van der Waals surface area contributed by atoms with Crippen LogP contribution in [0.1, 0.15) is 82.8 Å². The minimum absolute atomic E-state index is 0. The number of unbranched alkanes of at least 4 members (excludes halogenated alkanes) is 6. The summed E-state index contributed by atoms with van der Waals surface area (Å²) >= 11 is 0. The Kier molecular flexibility index (Phi) is 19.2. The van der Waals surface area contributed by atoms with Gasteiger partial charge < -0.3 is 10.2 Å². The van der Waals surface area contributed by atoms with Crippen LogP contribution in [0.2, 0.25) is 0 Å². The van der Waals surface area contributed by atoms with E-state index >= 15 is 0 Å². The molecule has 0 heterocycles. The maximum atomic E-state index is 9.28. The quantitative estimate of drug-likeness (QED) is 0.360. The maximum absolute atomic E-state index is 9.28. The van der Waals surface area contributed by atoms with Gasteiger partial charge in [-0.25, -0.2) is 0 Å². The van der Waals surface area contributed by atoms with Crippen LogP contribution in [0.5, 0.6) is 11.5 Å². The number of halogens is 1. The van der Waals surface area contributed by atoms with Gasteiger partial charge in [0.1, 0.15) is 11.5 Å². The third-order valence-corrected chi connectivity index (χ3v) is 4.56. The van der Waals surface area contributed by atoms with E-state index in [4.69, 9.17) is 5.11 Å². The summed E-state index contributed by atoms with van der Waals surface area (Å²) in [5.41, 5.74) is 2.36. The van der Waals surface area contributed by atoms with Crippen molar-refractivity contribution in [2.75, 3.05) is 0 Å². The molecular weight excluding hydrogens is 447 g/mol. The molecule has 0 fully saturated rings. The number of phenols is 2. The van der Waals surface area contributed by atoms with Crippen LogP contribution in [0.3, 0.4) is 0 Å². The van der Waals surface area contributed by atoms with Gasteiger partial charge in [-0.05, 0) is 48.1 Å². The monoisotopic (exact) mass is 482 g/mol. The molecule has 0 aliphatic heterocycles. The topological polar surface area (TPSA) is 40.5 Å². The standard InChI is InChI=1S/C15H24O.C9H12O.ClH.Zr/c1-2-3-4-5-6-7-8-9-14-10-12-15(16)13-11-14;1-7(2)8-5-3-4-6-9(8)10;;/h10-13,16H,2-9H2,1H3;3-7,10H,1-2H3;1H;. The van der Waals surface area contributed by atoms with Gasteiger partial charge in [0.2, 0.25) is 0 Å². The fourth-order valence-corrected chi connectivity index (χ4v) is 2.92. The predicted molar refractivity (Wildman–Crippen MR) is 119 cm³/mol. The van der Waals surface area contributed by atoms with Gasteiger partial charge in [0.15, 0.2) is 0 Å². The number of aryl methyl sites for hydroxylation is 1. The van der Waals surface area contributed by atoms with Gasteiger partial charge in [0.25, 0.3) is 0 Å². The third-order valence-electron chi connectivity index (χ3n) is 4.56. The molecule has 4 heteroatoms. The zero-order valence-corrected chi connectivity index (χ0v) is 20.9. The molecule has 2 aromatic rings. The number of benzene rings is 2. The number of rotatable bonds is 9. The Balaban J connectivity index is 0. The van der Waals surface area contributed by atoms with E-state index in [9.17, 15) is 5.11 Å². The minimum atomic E-state index is 0. The van der Waals surface area contributed by atoms with E-state index in [-0.39, 0.29) is 38.6 Å². The van der Waals surface area contributed by atoms with Crippen LogP contribution in [0.25, 0.3) is 0 Å². The molecule has 2 N–H and O–H groups in total. The van der Waals surface area contributed by atoms with Crippen molar-refractivity contribution in [2.45, 2.75) is 78.1 Å². The Labute approximate surface area is 197 Å². The SMILES string of the molecule is CC(C)c1ccccc1O.CCCCCCCCCc1ccc(O)cc1.Cl.[Zr]. The van der Waals surface area contributed by atoms with Crippen LogP contribution in [-0.4, -0.2) is 10.2 Å². The second-order valence-corrected chi connectivity index (χ2v) is 7.25. The fourth-order valence-electron chi connectivity index (χ4n) is 2.92. The van der Waals surface area contributed by atoms with E-state index in [1.54, 1.807) is 18.2 Å². The van der Waals surface area contributed by atoms with E-state index < -0.39 is 0 Å². The average molecular weight is 484 g/mol. The molecule has 0 atom stereocenters. The van der Waals surface area contributed by atoms with Crippen LogP contribution >= 0.6 is 12.4 Å². The number of hydrogen-bond acceptors (Lipinski definition) is 2. The third kappa shape index (κ3) is 13.4. The molecule has 0 spiro atoms. The van der Waals surface area contributed by atoms with Crippen molar-refractivity contribution in [1.29, 1.82) is 0 Å². The van der Waals surface area contributed by atoms with E-state index in [0.29, 0.717) is 17.4 Å².